The summed E-state index contributed by atoms with van der Waals surface area (Å²) in [6.45, 7) is 1.75. The molecule has 0 saturated carbocycles. The van der Waals surface area contributed by atoms with E-state index in [0.717, 1.165) is 0 Å². The van der Waals surface area contributed by atoms with Gasteiger partial charge in [0.2, 0.25) is 5.91 Å². The zero-order valence-corrected chi connectivity index (χ0v) is 20.3. The fourth-order valence-electron chi connectivity index (χ4n) is 3.40. The second-order valence-electron chi connectivity index (χ2n) is 7.35. The lowest BCUT2D eigenvalue weighted by atomic mass is 10.2. The standard InChI is InChI=1S/C25H22ClN3O4S/c1-15(23(30)27-17-8-6-7-16(26)13-17)34-25-28-20-10-5-4-9-19(20)24(31)29(25)18-11-12-21(32-2)22(14-18)33-3/h4-15H,1-3H3,(H,27,30). The highest BCUT2D eigenvalue weighted by molar-refractivity contribution is 8.00. The molecule has 0 fully saturated rings. The predicted octanol–water partition coefficient (Wildman–Crippen LogP) is 5.18. The van der Waals surface area contributed by atoms with Crippen molar-refractivity contribution in [2.24, 2.45) is 0 Å². The average Bonchev–Trinajstić information content (AvgIpc) is 2.84. The van der Waals surface area contributed by atoms with Crippen molar-refractivity contribution in [3.63, 3.8) is 0 Å². The summed E-state index contributed by atoms with van der Waals surface area (Å²) in [6, 6.07) is 19.2. The van der Waals surface area contributed by atoms with E-state index in [1.807, 2.05) is 6.07 Å². The van der Waals surface area contributed by atoms with Gasteiger partial charge in [-0.3, -0.25) is 14.2 Å². The van der Waals surface area contributed by atoms with Gasteiger partial charge >= 0.3 is 0 Å². The number of hydrogen-bond donors (Lipinski definition) is 1. The van der Waals surface area contributed by atoms with Crippen LogP contribution in [0.15, 0.2) is 76.7 Å². The highest BCUT2D eigenvalue weighted by atomic mass is 35.5. The Bertz CT molecular complexity index is 1420. The summed E-state index contributed by atoms with van der Waals surface area (Å²) < 4.78 is 12.2. The molecule has 1 atom stereocenters. The summed E-state index contributed by atoms with van der Waals surface area (Å²) in [5.74, 6) is 0.771. The van der Waals surface area contributed by atoms with Crippen molar-refractivity contribution >= 4 is 45.9 Å². The first kappa shape index (κ1) is 23.7. The number of rotatable bonds is 7. The van der Waals surface area contributed by atoms with E-state index < -0.39 is 5.25 Å². The molecule has 1 N–H and O–H groups in total. The Kier molecular flexibility index (Phi) is 7.09. The van der Waals surface area contributed by atoms with E-state index in [1.165, 1.54) is 23.4 Å². The van der Waals surface area contributed by atoms with Gasteiger partial charge in [-0.05, 0) is 49.4 Å². The Labute approximate surface area is 205 Å². The number of ether oxygens (including phenoxy) is 2. The molecule has 1 amide bonds. The number of benzene rings is 3. The van der Waals surface area contributed by atoms with Crippen molar-refractivity contribution in [1.29, 1.82) is 0 Å². The number of nitrogens with zero attached hydrogens (tertiary/aromatic N) is 2. The molecule has 0 aliphatic heterocycles. The number of methoxy groups -OCH3 is 2. The third kappa shape index (κ3) is 4.88. The average molecular weight is 496 g/mol. The Balaban J connectivity index is 1.76. The second-order valence-corrected chi connectivity index (χ2v) is 9.10. The maximum absolute atomic E-state index is 13.5. The van der Waals surface area contributed by atoms with Crippen LogP contribution in [-0.4, -0.2) is 34.9 Å². The molecule has 0 aliphatic carbocycles. The SMILES string of the molecule is COc1ccc(-n2c(SC(C)C(=O)Nc3cccc(Cl)c3)nc3ccccc3c2=O)cc1OC. The number of carbonyl (C=O) groups excluding carboxylic acids is 1. The fraction of sp³-hybridized carbons (Fsp3) is 0.160. The monoisotopic (exact) mass is 495 g/mol. The Morgan fingerprint density at radius 2 is 1.79 bits per heavy atom. The van der Waals surface area contributed by atoms with Gasteiger partial charge in [0, 0.05) is 16.8 Å². The molecule has 174 valence electrons. The zero-order valence-electron chi connectivity index (χ0n) is 18.7. The van der Waals surface area contributed by atoms with E-state index >= 15 is 0 Å². The largest absolute Gasteiger partial charge is 0.493 e. The van der Waals surface area contributed by atoms with Crippen LogP contribution in [0.25, 0.3) is 16.6 Å². The second kappa shape index (κ2) is 10.2. The lowest BCUT2D eigenvalue weighted by Crippen LogP contribution is -2.26. The van der Waals surface area contributed by atoms with E-state index in [2.05, 4.69) is 5.32 Å². The third-order valence-corrected chi connectivity index (χ3v) is 6.40. The number of fused-ring (bicyclic) bond motifs is 1. The molecule has 3 aromatic carbocycles. The Morgan fingerprint density at radius 1 is 1.03 bits per heavy atom. The summed E-state index contributed by atoms with van der Waals surface area (Å²) in [5.41, 5.74) is 1.44. The van der Waals surface area contributed by atoms with Gasteiger partial charge in [0.25, 0.3) is 5.56 Å². The number of halogens is 1. The summed E-state index contributed by atoms with van der Waals surface area (Å²) in [5, 5.41) is 3.67. The number of aromatic nitrogens is 2. The molecule has 4 aromatic rings. The highest BCUT2D eigenvalue weighted by Crippen LogP contribution is 2.31. The van der Waals surface area contributed by atoms with Gasteiger partial charge in [-0.1, -0.05) is 41.6 Å². The van der Waals surface area contributed by atoms with Crippen LogP contribution in [0.4, 0.5) is 5.69 Å². The number of hydrogen-bond acceptors (Lipinski definition) is 6. The topological polar surface area (TPSA) is 82.5 Å². The zero-order chi connectivity index (χ0) is 24.2. The molecule has 1 unspecified atom stereocenters. The maximum atomic E-state index is 13.5. The first-order valence-corrected chi connectivity index (χ1v) is 11.6. The maximum Gasteiger partial charge on any atom is 0.266 e. The van der Waals surface area contributed by atoms with Crippen LogP contribution in [0.5, 0.6) is 11.5 Å². The van der Waals surface area contributed by atoms with Crippen molar-refractivity contribution in [2.75, 3.05) is 19.5 Å². The summed E-state index contributed by atoms with van der Waals surface area (Å²) in [4.78, 5) is 31.1. The summed E-state index contributed by atoms with van der Waals surface area (Å²) in [7, 11) is 3.07. The minimum Gasteiger partial charge on any atom is -0.493 e. The molecule has 0 bridgehead atoms. The van der Waals surface area contributed by atoms with Crippen molar-refractivity contribution in [3.8, 4) is 17.2 Å². The van der Waals surface area contributed by atoms with E-state index in [4.69, 9.17) is 26.1 Å². The molecule has 9 heteroatoms. The molecule has 0 saturated heterocycles. The summed E-state index contributed by atoms with van der Waals surface area (Å²) in [6.07, 6.45) is 0. The fourth-order valence-corrected chi connectivity index (χ4v) is 4.52. The van der Waals surface area contributed by atoms with Crippen LogP contribution >= 0.6 is 23.4 Å². The minimum atomic E-state index is -0.557. The molecule has 0 spiro atoms. The number of para-hydroxylation sites is 1. The van der Waals surface area contributed by atoms with Crippen LogP contribution in [0, 0.1) is 0 Å². The number of nitrogens with one attached hydrogen (secondary N) is 1. The number of anilines is 1. The van der Waals surface area contributed by atoms with E-state index in [-0.39, 0.29) is 11.5 Å². The van der Waals surface area contributed by atoms with Gasteiger partial charge in [0.15, 0.2) is 16.7 Å². The Morgan fingerprint density at radius 3 is 2.53 bits per heavy atom. The molecule has 7 nitrogen and oxygen atoms in total. The normalized spacial score (nSPS) is 11.8. The van der Waals surface area contributed by atoms with Crippen LogP contribution in [-0.2, 0) is 4.79 Å². The summed E-state index contributed by atoms with van der Waals surface area (Å²) >= 11 is 7.21. The van der Waals surface area contributed by atoms with Crippen LogP contribution in [0.1, 0.15) is 6.92 Å². The molecule has 34 heavy (non-hydrogen) atoms. The van der Waals surface area contributed by atoms with Crippen LogP contribution in [0.3, 0.4) is 0 Å². The first-order chi connectivity index (χ1) is 16.4. The molecule has 1 aromatic heterocycles. The van der Waals surface area contributed by atoms with Crippen molar-refractivity contribution in [3.05, 3.63) is 82.1 Å². The van der Waals surface area contributed by atoms with E-state index in [1.54, 1.807) is 74.7 Å². The van der Waals surface area contributed by atoms with Crippen molar-refractivity contribution in [1.82, 2.24) is 9.55 Å². The Hall–Kier alpha value is -3.49. The molecule has 0 radical (unpaired) electrons. The molecule has 4 rings (SSSR count). The van der Waals surface area contributed by atoms with E-state index in [0.29, 0.717) is 44.0 Å². The smallest absolute Gasteiger partial charge is 0.266 e. The lowest BCUT2D eigenvalue weighted by molar-refractivity contribution is -0.115. The van der Waals surface area contributed by atoms with Gasteiger partial charge in [0.05, 0.1) is 36.1 Å². The number of thioether (sulfide) groups is 1. The first-order valence-electron chi connectivity index (χ1n) is 10.4. The quantitative estimate of drug-likeness (QED) is 0.281. The van der Waals surface area contributed by atoms with Gasteiger partial charge in [0.1, 0.15) is 0 Å². The minimum absolute atomic E-state index is 0.242. The van der Waals surface area contributed by atoms with Crippen LogP contribution < -0.4 is 20.3 Å². The molecule has 0 aliphatic rings. The van der Waals surface area contributed by atoms with Crippen molar-refractivity contribution < 1.29 is 14.3 Å². The molecule has 1 heterocycles. The van der Waals surface area contributed by atoms with Gasteiger partial charge in [-0.25, -0.2) is 4.98 Å². The molecular weight excluding hydrogens is 474 g/mol. The van der Waals surface area contributed by atoms with Crippen molar-refractivity contribution in [2.45, 2.75) is 17.3 Å². The van der Waals surface area contributed by atoms with E-state index in [9.17, 15) is 9.59 Å². The molecular formula is C25H22ClN3O4S. The predicted molar refractivity (Wildman–Crippen MR) is 136 cm³/mol. The number of amides is 1. The van der Waals surface area contributed by atoms with Crippen LogP contribution in [0.2, 0.25) is 5.02 Å². The third-order valence-electron chi connectivity index (χ3n) is 5.11. The van der Waals surface area contributed by atoms with Gasteiger partial charge in [-0.2, -0.15) is 0 Å². The van der Waals surface area contributed by atoms with Gasteiger partial charge < -0.3 is 14.8 Å². The number of carbonyl (C=O) groups is 1. The van der Waals surface area contributed by atoms with Gasteiger partial charge in [-0.15, -0.1) is 0 Å². The highest BCUT2D eigenvalue weighted by Gasteiger charge is 2.21. The lowest BCUT2D eigenvalue weighted by Gasteiger charge is -2.17.